The number of quaternary nitrogens is 1. The summed E-state index contributed by atoms with van der Waals surface area (Å²) in [5, 5.41) is 0. The Morgan fingerprint density at radius 2 is 0.815 bits per heavy atom. The van der Waals surface area contributed by atoms with Crippen molar-refractivity contribution in [1.29, 1.82) is 0 Å². The van der Waals surface area contributed by atoms with E-state index in [2.05, 4.69) is 13.8 Å². The second kappa shape index (κ2) is 37.6. The van der Waals surface area contributed by atoms with Crippen molar-refractivity contribution >= 4 is 19.5 Å². The van der Waals surface area contributed by atoms with Crippen molar-refractivity contribution in [2.24, 2.45) is 0 Å². The highest BCUT2D eigenvalue weighted by Crippen LogP contribution is 2.43. The molecule has 0 saturated carbocycles. The van der Waals surface area contributed by atoms with Crippen LogP contribution < -0.4 is 0 Å². The molecule has 0 unspecified atom stereocenters. The van der Waals surface area contributed by atoms with Crippen LogP contribution in [0, 0.1) is 0 Å². The molecule has 0 aromatic carbocycles. The van der Waals surface area contributed by atoms with Crippen LogP contribution in [0.25, 0.3) is 0 Å². The lowest BCUT2D eigenvalue weighted by molar-refractivity contribution is -0.870. The first kappa shape index (κ1) is 53.0. The zero-order valence-corrected chi connectivity index (χ0v) is 37.7. The molecule has 0 heterocycles. The van der Waals surface area contributed by atoms with Crippen LogP contribution in [0.2, 0.25) is 0 Å². The first-order valence-corrected chi connectivity index (χ1v) is 25.0. The zero-order chi connectivity index (χ0) is 40.0. The Labute approximate surface area is 335 Å². The van der Waals surface area contributed by atoms with Crippen molar-refractivity contribution in [3.05, 3.63) is 0 Å². The highest BCUT2D eigenvalue weighted by Gasteiger charge is 2.24. The quantitative estimate of drug-likeness (QED) is 0.0263. The molecule has 54 heavy (non-hydrogen) atoms. The third-order valence-corrected chi connectivity index (χ3v) is 11.5. The Bertz CT molecular complexity index is 894. The predicted molar refractivity (Wildman–Crippen MR) is 228 cm³/mol. The van der Waals surface area contributed by atoms with Gasteiger partial charge in [0.1, 0.15) is 19.8 Å². The van der Waals surface area contributed by atoms with E-state index in [1.54, 1.807) is 0 Å². The molecule has 0 aliphatic carbocycles. The van der Waals surface area contributed by atoms with E-state index < -0.39 is 13.7 Å². The molecule has 0 aromatic heterocycles. The summed E-state index contributed by atoms with van der Waals surface area (Å²) < 4.78 is 36.0. The molecule has 0 saturated heterocycles. The fourth-order valence-corrected chi connectivity index (χ4v) is 7.56. The molecule has 0 bridgehead atoms. The molecular formula is C45H91NO7P+. The molecule has 0 radical (unpaired) electrons. The fourth-order valence-electron chi connectivity index (χ4n) is 6.64. The molecule has 9 heteroatoms. The molecule has 0 amide bonds. The summed E-state index contributed by atoms with van der Waals surface area (Å²) in [4.78, 5) is 25.3. The number of esters is 2. The number of ether oxygens (including phenoxy) is 2. The molecule has 0 rings (SSSR count). The predicted octanol–water partition coefficient (Wildman–Crippen LogP) is 13.5. The average Bonchev–Trinajstić information content (AvgIpc) is 3.12. The topological polar surface area (TPSA) is 88.1 Å². The number of likely N-dealkylation sites (N-methyl/N-ethyl adjacent to an activating group) is 1. The van der Waals surface area contributed by atoms with E-state index in [9.17, 15) is 14.2 Å². The van der Waals surface area contributed by atoms with Crippen molar-refractivity contribution in [3.63, 3.8) is 0 Å². The lowest BCUT2D eigenvalue weighted by Crippen LogP contribution is -2.37. The third kappa shape index (κ3) is 40.7. The molecule has 322 valence electrons. The van der Waals surface area contributed by atoms with Gasteiger partial charge >= 0.3 is 19.5 Å². The number of carbonyl (C=O) groups is 2. The number of nitrogens with zero attached hydrogens (tertiary/aromatic N) is 1. The monoisotopic (exact) mass is 789 g/mol. The molecule has 8 nitrogen and oxygen atoms in total. The van der Waals surface area contributed by atoms with Crippen molar-refractivity contribution in [2.45, 2.75) is 225 Å². The molecule has 0 N–H and O–H groups in total. The first-order valence-electron chi connectivity index (χ1n) is 23.0. The van der Waals surface area contributed by atoms with Crippen molar-refractivity contribution in [1.82, 2.24) is 0 Å². The lowest BCUT2D eigenvalue weighted by Gasteiger charge is -2.25. The van der Waals surface area contributed by atoms with Gasteiger partial charge in [0.05, 0.1) is 27.7 Å². The lowest BCUT2D eigenvalue weighted by atomic mass is 10.0. The average molecular weight is 789 g/mol. The van der Waals surface area contributed by atoms with Crippen LogP contribution in [0.5, 0.6) is 0 Å². The molecule has 2 atom stereocenters. The minimum absolute atomic E-state index is 0.110. The maximum absolute atomic E-state index is 12.9. The van der Waals surface area contributed by atoms with Crippen LogP contribution in [0.3, 0.4) is 0 Å². The Hall–Kier alpha value is -0.950. The van der Waals surface area contributed by atoms with Gasteiger partial charge in [0.25, 0.3) is 0 Å². The minimum Gasteiger partial charge on any atom is -0.462 e. The fraction of sp³-hybridized carbons (Fsp3) is 0.956. The minimum atomic E-state index is -3.37. The summed E-state index contributed by atoms with van der Waals surface area (Å²) in [6.45, 7) is 6.68. The summed E-state index contributed by atoms with van der Waals surface area (Å²) in [6, 6.07) is 0. The van der Waals surface area contributed by atoms with Gasteiger partial charge in [0.2, 0.25) is 0 Å². The van der Waals surface area contributed by atoms with Crippen LogP contribution >= 0.6 is 7.60 Å². The Morgan fingerprint density at radius 1 is 0.481 bits per heavy atom. The van der Waals surface area contributed by atoms with Crippen LogP contribution in [-0.4, -0.2) is 76.7 Å². The highest BCUT2D eigenvalue weighted by atomic mass is 31.2. The van der Waals surface area contributed by atoms with Gasteiger partial charge in [0.15, 0.2) is 6.10 Å². The third-order valence-electron chi connectivity index (χ3n) is 10.3. The largest absolute Gasteiger partial charge is 0.462 e. The van der Waals surface area contributed by atoms with Gasteiger partial charge in [-0.05, 0) is 12.8 Å². The van der Waals surface area contributed by atoms with E-state index in [1.165, 1.54) is 161 Å². The summed E-state index contributed by atoms with van der Waals surface area (Å²) in [6.07, 6.45) is 37.9. The van der Waals surface area contributed by atoms with Gasteiger partial charge < -0.3 is 23.0 Å². The number of hydrogen-bond acceptors (Lipinski definition) is 7. The van der Waals surface area contributed by atoms with Gasteiger partial charge in [-0.3, -0.25) is 14.2 Å². The molecule has 0 aromatic rings. The second-order valence-electron chi connectivity index (χ2n) is 17.1. The Balaban J connectivity index is 4.30. The van der Waals surface area contributed by atoms with Crippen molar-refractivity contribution in [2.75, 3.05) is 54.2 Å². The van der Waals surface area contributed by atoms with Crippen LogP contribution in [0.4, 0.5) is 0 Å². The highest BCUT2D eigenvalue weighted by molar-refractivity contribution is 7.52. The number of carbonyl (C=O) groups excluding carboxylic acids is 2. The van der Waals surface area contributed by atoms with E-state index in [4.69, 9.17) is 18.5 Å². The van der Waals surface area contributed by atoms with E-state index in [1.807, 2.05) is 21.1 Å². The molecule has 0 fully saturated rings. The van der Waals surface area contributed by atoms with Gasteiger partial charge in [0, 0.05) is 19.5 Å². The van der Waals surface area contributed by atoms with E-state index in [0.29, 0.717) is 23.9 Å². The maximum Gasteiger partial charge on any atom is 0.327 e. The smallest absolute Gasteiger partial charge is 0.327 e. The van der Waals surface area contributed by atoms with Crippen LogP contribution in [0.1, 0.15) is 219 Å². The SMILES string of the molecule is CCCCCCCCCCCCCCCCCC(=O)OC[C@H](CO[P@](C)(=O)OCC[N+](C)(C)C)OC(=O)CCCCCCCCCCCCCCCCC. The van der Waals surface area contributed by atoms with E-state index in [-0.39, 0.29) is 31.8 Å². The second-order valence-corrected chi connectivity index (χ2v) is 19.2. The van der Waals surface area contributed by atoms with Gasteiger partial charge in [-0.1, -0.05) is 194 Å². The summed E-state index contributed by atoms with van der Waals surface area (Å²) in [5.41, 5.74) is 0. The first-order chi connectivity index (χ1) is 26.0. The van der Waals surface area contributed by atoms with Gasteiger partial charge in [-0.25, -0.2) is 0 Å². The molecule has 0 aliphatic rings. The van der Waals surface area contributed by atoms with Crippen molar-refractivity contribution in [3.8, 4) is 0 Å². The van der Waals surface area contributed by atoms with Crippen LogP contribution in [-0.2, 0) is 32.7 Å². The van der Waals surface area contributed by atoms with Crippen LogP contribution in [0.15, 0.2) is 0 Å². The summed E-state index contributed by atoms with van der Waals surface area (Å²) in [5.74, 6) is -0.638. The van der Waals surface area contributed by atoms with E-state index in [0.717, 1.165) is 38.5 Å². The van der Waals surface area contributed by atoms with E-state index >= 15 is 0 Å². The summed E-state index contributed by atoms with van der Waals surface area (Å²) >= 11 is 0. The number of rotatable bonds is 42. The molecule has 0 aliphatic heterocycles. The molecule has 0 spiro atoms. The Kier molecular flexibility index (Phi) is 37.0. The normalized spacial score (nSPS) is 13.5. The van der Waals surface area contributed by atoms with Gasteiger partial charge in [-0.2, -0.15) is 0 Å². The van der Waals surface area contributed by atoms with Gasteiger partial charge in [-0.15, -0.1) is 0 Å². The Morgan fingerprint density at radius 3 is 1.17 bits per heavy atom. The number of unbranched alkanes of at least 4 members (excludes halogenated alkanes) is 28. The van der Waals surface area contributed by atoms with Crippen molar-refractivity contribution < 1.29 is 37.2 Å². The zero-order valence-electron chi connectivity index (χ0n) is 36.8. The maximum atomic E-state index is 12.9. The standard InChI is InChI=1S/C45H91NO7P/c1-7-9-11-13-15-17-19-21-23-25-27-29-31-33-35-37-44(47)50-41-43(42-52-54(6,49)51-40-39-46(3,4)5)53-45(48)38-36-34-32-30-28-26-24-22-20-18-16-14-12-10-8-2/h43H,7-42H2,1-6H3/q+1/t43-,54-/m1/s1. The summed E-state index contributed by atoms with van der Waals surface area (Å²) in [7, 11) is 2.74. The number of hydrogen-bond donors (Lipinski definition) is 0. The molecular weight excluding hydrogens is 697 g/mol.